The van der Waals surface area contributed by atoms with E-state index in [0.717, 1.165) is 10.7 Å². The minimum atomic E-state index is -4.74. The molecule has 1 saturated carbocycles. The maximum absolute atomic E-state index is 13.9. The number of hydrogen-bond donors (Lipinski definition) is 4. The van der Waals surface area contributed by atoms with E-state index in [2.05, 4.69) is 15.7 Å². The third-order valence-corrected chi connectivity index (χ3v) is 6.82. The molecule has 4 atom stereocenters. The van der Waals surface area contributed by atoms with Crippen molar-refractivity contribution in [2.45, 2.75) is 44.1 Å². The molecule has 3 unspecified atom stereocenters. The quantitative estimate of drug-likeness (QED) is 0.449. The molecular weight excluding hydrogens is 482 g/mol. The highest BCUT2D eigenvalue weighted by Gasteiger charge is 2.58. The number of fused-ring (bicyclic) bond motifs is 3. The van der Waals surface area contributed by atoms with Gasteiger partial charge >= 0.3 is 6.18 Å². The largest absolute Gasteiger partial charge is 0.435 e. The summed E-state index contributed by atoms with van der Waals surface area (Å²) in [4.78, 5) is 24.4. The van der Waals surface area contributed by atoms with Crippen LogP contribution in [0.3, 0.4) is 0 Å². The zero-order valence-corrected chi connectivity index (χ0v) is 19.1. The van der Waals surface area contributed by atoms with Crippen LogP contribution in [-0.4, -0.2) is 39.3 Å². The van der Waals surface area contributed by atoms with Crippen LogP contribution in [0.25, 0.3) is 5.57 Å². The minimum Gasteiger partial charge on any atom is -0.388 e. The number of nitrogens with one attached hydrogen (secondary N) is 2. The third kappa shape index (κ3) is 4.04. The Kier molecular flexibility index (Phi) is 5.66. The van der Waals surface area contributed by atoms with Crippen LogP contribution in [0, 0.1) is 11.7 Å². The molecule has 0 bridgehead atoms. The number of dihydropyridines is 1. The first-order valence-corrected chi connectivity index (χ1v) is 11.4. The van der Waals surface area contributed by atoms with Crippen LogP contribution < -0.4 is 16.4 Å². The first kappa shape index (κ1) is 24.0. The molecule has 12 heteroatoms. The Morgan fingerprint density at radius 1 is 1.36 bits per heavy atom. The van der Waals surface area contributed by atoms with E-state index in [1.807, 2.05) is 6.08 Å². The van der Waals surface area contributed by atoms with Gasteiger partial charge in [0.1, 0.15) is 12.4 Å². The zero-order chi connectivity index (χ0) is 25.9. The van der Waals surface area contributed by atoms with Crippen LogP contribution >= 0.6 is 0 Å². The maximum atomic E-state index is 13.9. The van der Waals surface area contributed by atoms with Gasteiger partial charge in [-0.05, 0) is 37.0 Å². The van der Waals surface area contributed by atoms with Crippen LogP contribution in [0.4, 0.5) is 17.6 Å². The smallest absolute Gasteiger partial charge is 0.388 e. The number of carbonyl (C=O) groups is 2. The van der Waals surface area contributed by atoms with Gasteiger partial charge in [0.2, 0.25) is 5.91 Å². The average molecular weight is 505 g/mol. The van der Waals surface area contributed by atoms with E-state index >= 15 is 0 Å². The summed E-state index contributed by atoms with van der Waals surface area (Å²) in [6, 6.07) is 3.32. The molecule has 0 radical (unpaired) electrons. The van der Waals surface area contributed by atoms with Crippen molar-refractivity contribution in [3.63, 3.8) is 0 Å². The summed E-state index contributed by atoms with van der Waals surface area (Å²) in [5.41, 5.74) is 5.55. The predicted octanol–water partition coefficient (Wildman–Crippen LogP) is 2.37. The molecule has 190 valence electrons. The van der Waals surface area contributed by atoms with E-state index in [0.29, 0.717) is 29.8 Å². The molecule has 0 saturated heterocycles. The Labute approximate surface area is 202 Å². The molecule has 2 aliphatic carbocycles. The van der Waals surface area contributed by atoms with Gasteiger partial charge in [0.05, 0.1) is 17.7 Å². The third-order valence-electron chi connectivity index (χ3n) is 6.82. The molecule has 3 aliphatic rings. The standard InChI is InChI=1S/C24H23F4N5O3/c1-10(19-12(3-2-6-30-19)11-4-5-16(25)15(7-11)23(29)36)31-17(34)9-33-20-13-8-14(13)21(35)18(20)22(32-33)24(26,27)28/h2-5,7,10,13-14,21,30,35H,6,8-9H2,1H3,(H2,29,36)(H,31,34)/t10-,13?,14?,21?/m0/s1. The lowest BCUT2D eigenvalue weighted by atomic mass is 9.96. The highest BCUT2D eigenvalue weighted by Crippen LogP contribution is 2.63. The molecule has 2 aromatic rings. The number of allylic oxidation sites excluding steroid dienone is 2. The van der Waals surface area contributed by atoms with Gasteiger partial charge in [0, 0.05) is 35.0 Å². The number of aliphatic hydroxyl groups is 1. The number of benzene rings is 1. The lowest BCUT2D eigenvalue weighted by molar-refractivity contribution is -0.143. The summed E-state index contributed by atoms with van der Waals surface area (Å²) in [7, 11) is 0. The Morgan fingerprint density at radius 2 is 2.11 bits per heavy atom. The van der Waals surface area contributed by atoms with Crippen LogP contribution in [0.1, 0.15) is 58.2 Å². The number of rotatable bonds is 6. The van der Waals surface area contributed by atoms with Crippen LogP contribution in [-0.2, 0) is 17.5 Å². The number of amides is 2. The van der Waals surface area contributed by atoms with E-state index in [4.69, 9.17) is 5.73 Å². The molecule has 5 N–H and O–H groups in total. The molecule has 2 amide bonds. The first-order valence-electron chi connectivity index (χ1n) is 11.4. The topological polar surface area (TPSA) is 122 Å². The van der Waals surface area contributed by atoms with E-state index in [1.165, 1.54) is 12.1 Å². The second-order valence-electron chi connectivity index (χ2n) is 9.21. The number of primary amides is 1. The Balaban J connectivity index is 1.39. The van der Waals surface area contributed by atoms with Crippen LogP contribution in [0.15, 0.2) is 36.0 Å². The molecule has 1 aliphatic heterocycles. The van der Waals surface area contributed by atoms with Gasteiger partial charge in [-0.3, -0.25) is 14.3 Å². The molecule has 36 heavy (non-hydrogen) atoms. The maximum Gasteiger partial charge on any atom is 0.435 e. The number of carbonyl (C=O) groups excluding carboxylic acids is 2. The summed E-state index contributed by atoms with van der Waals surface area (Å²) >= 11 is 0. The van der Waals surface area contributed by atoms with Crippen molar-refractivity contribution in [3.8, 4) is 0 Å². The number of alkyl halides is 3. The summed E-state index contributed by atoms with van der Waals surface area (Å²) < 4.78 is 55.5. The van der Waals surface area contributed by atoms with Gasteiger partial charge in [-0.1, -0.05) is 18.2 Å². The fraction of sp³-hybridized carbons (Fsp3) is 0.375. The Bertz CT molecular complexity index is 1330. The number of nitrogens with two attached hydrogens (primary N) is 1. The number of nitrogens with zero attached hydrogens (tertiary/aromatic N) is 2. The monoisotopic (exact) mass is 505 g/mol. The van der Waals surface area contributed by atoms with Gasteiger partial charge in [-0.2, -0.15) is 18.3 Å². The van der Waals surface area contributed by atoms with Gasteiger partial charge in [-0.15, -0.1) is 0 Å². The average Bonchev–Trinajstić information content (AvgIpc) is 3.43. The molecule has 2 heterocycles. The molecule has 5 rings (SSSR count). The van der Waals surface area contributed by atoms with Gasteiger partial charge in [0.15, 0.2) is 5.69 Å². The van der Waals surface area contributed by atoms with Gasteiger partial charge in [-0.25, -0.2) is 4.39 Å². The van der Waals surface area contributed by atoms with Crippen molar-refractivity contribution in [1.29, 1.82) is 0 Å². The van der Waals surface area contributed by atoms with Crippen molar-refractivity contribution in [2.24, 2.45) is 11.7 Å². The van der Waals surface area contributed by atoms with Crippen molar-refractivity contribution in [1.82, 2.24) is 20.4 Å². The number of hydrogen-bond acceptors (Lipinski definition) is 5. The summed E-state index contributed by atoms with van der Waals surface area (Å²) in [6.45, 7) is 1.69. The van der Waals surface area contributed by atoms with Crippen molar-refractivity contribution in [3.05, 3.63) is 69.9 Å². The highest BCUT2D eigenvalue weighted by atomic mass is 19.4. The van der Waals surface area contributed by atoms with Gasteiger partial charge < -0.3 is 21.5 Å². The zero-order valence-electron chi connectivity index (χ0n) is 19.1. The normalized spacial score (nSPS) is 23.1. The second-order valence-corrected chi connectivity index (χ2v) is 9.21. The van der Waals surface area contributed by atoms with Crippen molar-refractivity contribution >= 4 is 17.4 Å². The summed E-state index contributed by atoms with van der Waals surface area (Å²) in [5.74, 6) is -2.74. The fourth-order valence-corrected chi connectivity index (χ4v) is 5.14. The molecule has 1 fully saturated rings. The van der Waals surface area contributed by atoms with E-state index < -0.39 is 48.2 Å². The molecule has 1 aromatic heterocycles. The van der Waals surface area contributed by atoms with E-state index in [1.54, 1.807) is 13.0 Å². The van der Waals surface area contributed by atoms with Gasteiger partial charge in [0.25, 0.3) is 5.91 Å². The minimum absolute atomic E-state index is 0.227. The van der Waals surface area contributed by atoms with E-state index in [-0.39, 0.29) is 28.7 Å². The number of aliphatic hydroxyl groups excluding tert-OH is 1. The molecule has 8 nitrogen and oxygen atoms in total. The molecular formula is C24H23F4N5O3. The fourth-order valence-electron chi connectivity index (χ4n) is 5.14. The number of halogens is 4. The van der Waals surface area contributed by atoms with Crippen LogP contribution in [0.2, 0.25) is 0 Å². The summed E-state index contributed by atoms with van der Waals surface area (Å²) in [6.07, 6.45) is -1.84. The lowest BCUT2D eigenvalue weighted by Gasteiger charge is -2.25. The SMILES string of the molecule is C[C@H](NC(=O)Cn1nc(C(F)(F)F)c2c1C1CC1C2O)C1=C(c2ccc(F)c(C(N)=O)c2)C=CCN1. The first-order chi connectivity index (χ1) is 17.0. The summed E-state index contributed by atoms with van der Waals surface area (Å²) in [5, 5.41) is 19.8. The predicted molar refractivity (Wildman–Crippen MR) is 120 cm³/mol. The lowest BCUT2D eigenvalue weighted by Crippen LogP contribution is -2.41. The second kappa shape index (κ2) is 8.47. The van der Waals surface area contributed by atoms with Crippen molar-refractivity contribution in [2.75, 3.05) is 6.54 Å². The van der Waals surface area contributed by atoms with Crippen LogP contribution in [0.5, 0.6) is 0 Å². The molecule has 1 aromatic carbocycles. The highest BCUT2D eigenvalue weighted by molar-refractivity contribution is 5.94. The van der Waals surface area contributed by atoms with Crippen molar-refractivity contribution < 1.29 is 32.3 Å². The Morgan fingerprint density at radius 3 is 2.81 bits per heavy atom. The Hall–Kier alpha value is -3.67. The number of aromatic nitrogens is 2. The molecule has 0 spiro atoms. The van der Waals surface area contributed by atoms with E-state index in [9.17, 15) is 32.3 Å².